The highest BCUT2D eigenvalue weighted by atomic mass is 19.3. The summed E-state index contributed by atoms with van der Waals surface area (Å²) in [6.45, 7) is 6.44. The number of hydrogen-bond donors (Lipinski definition) is 1. The fourth-order valence-corrected chi connectivity index (χ4v) is 3.40. The van der Waals surface area contributed by atoms with Crippen molar-refractivity contribution in [1.82, 2.24) is 19.6 Å². The number of amides is 1. The van der Waals surface area contributed by atoms with E-state index in [2.05, 4.69) is 15.5 Å². The summed E-state index contributed by atoms with van der Waals surface area (Å²) in [5.41, 5.74) is -0.389. The number of nitrogens with one attached hydrogen (secondary N) is 1. The Morgan fingerprint density at radius 3 is 2.37 bits per heavy atom. The Hall–Kier alpha value is -3.70. The maximum atomic E-state index is 13.6. The van der Waals surface area contributed by atoms with E-state index in [1.807, 2.05) is 0 Å². The van der Waals surface area contributed by atoms with Crippen LogP contribution in [0.25, 0.3) is 5.69 Å². The highest BCUT2D eigenvalue weighted by molar-refractivity contribution is 5.96. The van der Waals surface area contributed by atoms with Crippen molar-refractivity contribution in [3.05, 3.63) is 59.6 Å². The van der Waals surface area contributed by atoms with Gasteiger partial charge in [-0.2, -0.15) is 10.2 Å². The van der Waals surface area contributed by atoms with Gasteiger partial charge < -0.3 is 10.1 Å². The van der Waals surface area contributed by atoms with Crippen molar-refractivity contribution in [3.63, 3.8) is 0 Å². The zero-order valence-corrected chi connectivity index (χ0v) is 19.4. The van der Waals surface area contributed by atoms with Gasteiger partial charge in [0.1, 0.15) is 23.1 Å². The summed E-state index contributed by atoms with van der Waals surface area (Å²) in [7, 11) is 0. The van der Waals surface area contributed by atoms with E-state index in [0.29, 0.717) is 5.56 Å². The lowest BCUT2D eigenvalue weighted by molar-refractivity contribution is -0.117. The average molecular weight is 493 g/mol. The Bertz CT molecular complexity index is 1270. The number of carbonyl (C=O) groups excluding carboxylic acids is 2. The fraction of sp³-hybridized carbons (Fsp3) is 0.391. The molecule has 186 valence electrons. The van der Waals surface area contributed by atoms with Gasteiger partial charge in [-0.15, -0.1) is 4.68 Å². The van der Waals surface area contributed by atoms with Crippen LogP contribution >= 0.6 is 0 Å². The molecule has 0 bridgehead atoms. The Kier molecular flexibility index (Phi) is 5.94. The second kappa shape index (κ2) is 8.51. The smallest absolute Gasteiger partial charge is 0.437 e. The molecule has 1 aromatic carbocycles. The maximum absolute atomic E-state index is 13.6. The predicted molar refractivity (Wildman–Crippen MR) is 117 cm³/mol. The second-order valence-corrected chi connectivity index (χ2v) is 9.42. The lowest BCUT2D eigenvalue weighted by Gasteiger charge is -2.20. The van der Waals surface area contributed by atoms with E-state index in [4.69, 9.17) is 4.74 Å². The van der Waals surface area contributed by atoms with Crippen molar-refractivity contribution in [1.29, 1.82) is 0 Å². The molecule has 4 rings (SSSR count). The zero-order chi connectivity index (χ0) is 25.7. The third kappa shape index (κ3) is 5.36. The van der Waals surface area contributed by atoms with Crippen LogP contribution in [0.2, 0.25) is 0 Å². The van der Waals surface area contributed by atoms with Gasteiger partial charge in [-0.05, 0) is 39.8 Å². The van der Waals surface area contributed by atoms with Gasteiger partial charge in [0, 0.05) is 30.3 Å². The van der Waals surface area contributed by atoms with E-state index in [9.17, 15) is 27.2 Å². The summed E-state index contributed by atoms with van der Waals surface area (Å²) in [6.07, 6.45) is 1.45. The van der Waals surface area contributed by atoms with E-state index < -0.39 is 53.4 Å². The van der Waals surface area contributed by atoms with Crippen molar-refractivity contribution in [2.24, 2.45) is 0 Å². The number of rotatable bonds is 5. The van der Waals surface area contributed by atoms with E-state index in [1.54, 1.807) is 27.7 Å². The predicted octanol–water partition coefficient (Wildman–Crippen LogP) is 5.00. The summed E-state index contributed by atoms with van der Waals surface area (Å²) in [4.78, 5) is 25.5. The molecule has 1 amide bonds. The van der Waals surface area contributed by atoms with Gasteiger partial charge >= 0.3 is 6.09 Å². The molecule has 0 aliphatic heterocycles. The number of alkyl halides is 2. The van der Waals surface area contributed by atoms with Crippen LogP contribution in [0.5, 0.6) is 0 Å². The zero-order valence-electron chi connectivity index (χ0n) is 19.4. The molecule has 2 atom stereocenters. The second-order valence-electron chi connectivity index (χ2n) is 9.42. The quantitative estimate of drug-likeness (QED) is 0.506. The van der Waals surface area contributed by atoms with Gasteiger partial charge in [0.05, 0.1) is 29.4 Å². The minimum atomic E-state index is -2.92. The minimum absolute atomic E-state index is 0.0373. The van der Waals surface area contributed by atoms with E-state index in [0.717, 1.165) is 22.9 Å². The van der Waals surface area contributed by atoms with Crippen molar-refractivity contribution < 1.29 is 31.9 Å². The Balaban J connectivity index is 1.56. The standard InChI is InChI=1S/C23H23F4N5O3/c1-12(13-10-28-31(11-13)16-6-14(24)5-15(25)7-16)20(33)29-19-8-18(17-9-23(17,26)27)30-32(19)21(34)35-22(2,3)4/h5-8,10-12,17H,9H2,1-4H3,(H,29,33). The first-order valence-corrected chi connectivity index (χ1v) is 10.8. The lowest BCUT2D eigenvalue weighted by atomic mass is 10.0. The van der Waals surface area contributed by atoms with Gasteiger partial charge in [-0.3, -0.25) is 4.79 Å². The van der Waals surface area contributed by atoms with Crippen LogP contribution in [0.1, 0.15) is 57.2 Å². The Morgan fingerprint density at radius 1 is 1.17 bits per heavy atom. The summed E-state index contributed by atoms with van der Waals surface area (Å²) in [5, 5.41) is 10.5. The summed E-state index contributed by atoms with van der Waals surface area (Å²) < 4.78 is 61.5. The number of anilines is 1. The van der Waals surface area contributed by atoms with E-state index in [-0.39, 0.29) is 17.2 Å². The molecule has 12 heteroatoms. The molecule has 0 saturated heterocycles. The normalized spacial score (nSPS) is 17.7. The molecule has 1 aliphatic carbocycles. The van der Waals surface area contributed by atoms with Gasteiger partial charge in [-0.25, -0.2) is 27.0 Å². The number of halogens is 4. The third-order valence-electron chi connectivity index (χ3n) is 5.34. The molecule has 35 heavy (non-hydrogen) atoms. The molecule has 2 unspecified atom stereocenters. The molecular formula is C23H23F4N5O3. The molecule has 2 aromatic heterocycles. The third-order valence-corrected chi connectivity index (χ3v) is 5.34. The number of nitrogens with zero attached hydrogens (tertiary/aromatic N) is 4. The molecule has 0 spiro atoms. The first-order valence-electron chi connectivity index (χ1n) is 10.8. The number of carbonyl (C=O) groups is 2. The highest BCUT2D eigenvalue weighted by Crippen LogP contribution is 2.55. The first kappa shape index (κ1) is 24.4. The molecule has 1 saturated carbocycles. The van der Waals surface area contributed by atoms with Gasteiger partial charge in [-0.1, -0.05) is 0 Å². The Morgan fingerprint density at radius 2 is 1.80 bits per heavy atom. The highest BCUT2D eigenvalue weighted by Gasteiger charge is 2.59. The lowest BCUT2D eigenvalue weighted by Crippen LogP contribution is -2.29. The average Bonchev–Trinajstić information content (AvgIpc) is 3.11. The van der Waals surface area contributed by atoms with Crippen LogP contribution < -0.4 is 5.32 Å². The van der Waals surface area contributed by atoms with Crippen LogP contribution in [0, 0.1) is 11.6 Å². The van der Waals surface area contributed by atoms with Crippen LogP contribution in [0.15, 0.2) is 36.7 Å². The van der Waals surface area contributed by atoms with Crippen LogP contribution in [-0.2, 0) is 9.53 Å². The SMILES string of the molecule is CC(C(=O)Nc1cc(C2CC2(F)F)nn1C(=O)OC(C)(C)C)c1cnn(-c2cc(F)cc(F)c2)c1. The Labute approximate surface area is 197 Å². The first-order chi connectivity index (χ1) is 16.2. The van der Waals surface area contributed by atoms with Crippen molar-refractivity contribution in [2.45, 2.75) is 57.5 Å². The molecule has 3 aromatic rings. The molecular weight excluding hydrogens is 470 g/mol. The minimum Gasteiger partial charge on any atom is -0.442 e. The van der Waals surface area contributed by atoms with Crippen molar-refractivity contribution in [3.8, 4) is 5.69 Å². The molecule has 1 fully saturated rings. The number of hydrogen-bond acceptors (Lipinski definition) is 5. The van der Waals surface area contributed by atoms with Gasteiger partial charge in [0.25, 0.3) is 5.92 Å². The van der Waals surface area contributed by atoms with Crippen LogP contribution in [0.4, 0.5) is 28.2 Å². The van der Waals surface area contributed by atoms with Crippen LogP contribution in [0.3, 0.4) is 0 Å². The summed E-state index contributed by atoms with van der Waals surface area (Å²) in [5.74, 6) is -7.17. The number of benzene rings is 1. The number of aromatic nitrogens is 4. The van der Waals surface area contributed by atoms with E-state index >= 15 is 0 Å². The molecule has 2 heterocycles. The van der Waals surface area contributed by atoms with Gasteiger partial charge in [0.2, 0.25) is 5.91 Å². The molecule has 1 aliphatic rings. The summed E-state index contributed by atoms with van der Waals surface area (Å²) in [6, 6.07) is 4.11. The molecule has 1 N–H and O–H groups in total. The molecule has 0 radical (unpaired) electrons. The number of ether oxygens (including phenoxy) is 1. The summed E-state index contributed by atoms with van der Waals surface area (Å²) >= 11 is 0. The van der Waals surface area contributed by atoms with E-state index in [1.165, 1.54) is 23.1 Å². The largest absolute Gasteiger partial charge is 0.442 e. The van der Waals surface area contributed by atoms with Crippen LogP contribution in [-0.4, -0.2) is 43.1 Å². The van der Waals surface area contributed by atoms with Gasteiger partial charge in [0.15, 0.2) is 0 Å². The monoisotopic (exact) mass is 493 g/mol. The maximum Gasteiger partial charge on any atom is 0.437 e. The molecule has 8 nitrogen and oxygen atoms in total. The fourth-order valence-electron chi connectivity index (χ4n) is 3.40. The van der Waals surface area contributed by atoms with Crippen molar-refractivity contribution in [2.75, 3.05) is 5.32 Å². The van der Waals surface area contributed by atoms with Crippen molar-refractivity contribution >= 4 is 17.8 Å². The topological polar surface area (TPSA) is 91.0 Å².